The lowest BCUT2D eigenvalue weighted by atomic mass is 9.91. The van der Waals surface area contributed by atoms with Gasteiger partial charge in [-0.3, -0.25) is 9.59 Å². The summed E-state index contributed by atoms with van der Waals surface area (Å²) < 4.78 is 14.8. The van der Waals surface area contributed by atoms with Crippen LogP contribution >= 0.6 is 11.8 Å². The number of carbonyl (C=O) groups excluding carboxylic acids is 2. The van der Waals surface area contributed by atoms with E-state index in [0.717, 1.165) is 11.1 Å². The number of benzene rings is 4. The number of anilines is 1. The molecule has 240 valence electrons. The van der Waals surface area contributed by atoms with Crippen LogP contribution in [0.25, 0.3) is 5.69 Å². The number of tetrazole rings is 1. The minimum atomic E-state index is -0.791. The van der Waals surface area contributed by atoms with Gasteiger partial charge in [-0.25, -0.2) is 0 Å². The van der Waals surface area contributed by atoms with Crippen molar-refractivity contribution < 1.29 is 29.3 Å². The highest BCUT2D eigenvalue weighted by Crippen LogP contribution is 2.43. The van der Waals surface area contributed by atoms with Gasteiger partial charge in [-0.05, 0) is 77.0 Å². The van der Waals surface area contributed by atoms with Gasteiger partial charge in [-0.2, -0.15) is 4.68 Å². The Morgan fingerprint density at radius 2 is 1.66 bits per heavy atom. The standard InChI is InChI=1S/C35H33N5O6S/c1-21-31(20-47-35-37-38-39-40(35)29-13-15-30(43)16-14-29)45-34(46-32(21)24-11-9-23(19-41)10-12-24)27-7-3-6-26(17-27)33(44)36-28-8-4-5-25(18-28)22(2)42/h3-18,21,31-32,34,41,43H,19-20H2,1-2H3,(H,36,44). The number of phenols is 1. The van der Waals surface area contributed by atoms with Gasteiger partial charge in [0, 0.05) is 34.0 Å². The van der Waals surface area contributed by atoms with Crippen LogP contribution in [0.3, 0.4) is 0 Å². The van der Waals surface area contributed by atoms with Gasteiger partial charge in [0.1, 0.15) is 5.75 Å². The first-order valence-electron chi connectivity index (χ1n) is 15.0. The molecule has 1 saturated heterocycles. The first-order chi connectivity index (χ1) is 22.8. The number of hydrogen-bond donors (Lipinski definition) is 3. The molecule has 1 amide bonds. The molecule has 1 aromatic heterocycles. The van der Waals surface area contributed by atoms with Gasteiger partial charge < -0.3 is 25.0 Å². The predicted molar refractivity (Wildman–Crippen MR) is 175 cm³/mol. The third kappa shape index (κ3) is 7.42. The molecule has 1 aliphatic heterocycles. The van der Waals surface area contributed by atoms with Crippen molar-refractivity contribution in [3.63, 3.8) is 0 Å². The minimum absolute atomic E-state index is 0.0595. The fourth-order valence-electron chi connectivity index (χ4n) is 5.34. The Hall–Kier alpha value is -4.88. The number of hydrogen-bond acceptors (Lipinski definition) is 10. The van der Waals surface area contributed by atoms with E-state index in [2.05, 4.69) is 27.8 Å². The lowest BCUT2D eigenvalue weighted by Crippen LogP contribution is -2.38. The summed E-state index contributed by atoms with van der Waals surface area (Å²) in [6.07, 6.45) is -1.45. The van der Waals surface area contributed by atoms with Crippen LogP contribution in [0.1, 0.15) is 63.6 Å². The van der Waals surface area contributed by atoms with Crippen molar-refractivity contribution >= 4 is 29.1 Å². The van der Waals surface area contributed by atoms with Crippen LogP contribution in [0.4, 0.5) is 5.69 Å². The number of phenolic OH excluding ortho intramolecular Hbond substituents is 1. The molecule has 0 aliphatic carbocycles. The number of rotatable bonds is 10. The number of aliphatic hydroxyl groups is 1. The SMILES string of the molecule is CC(=O)c1cccc(NC(=O)c2cccc(C3OC(CSc4nnnn4-c4ccc(O)cc4)C(C)C(c4ccc(CO)cc4)O3)c2)c1. The van der Waals surface area contributed by atoms with Crippen LogP contribution < -0.4 is 5.32 Å². The molecule has 0 saturated carbocycles. The van der Waals surface area contributed by atoms with Gasteiger partial charge in [0.2, 0.25) is 5.16 Å². The number of amides is 1. The van der Waals surface area contributed by atoms with Crippen LogP contribution in [-0.4, -0.2) is 54.0 Å². The number of aromatic nitrogens is 4. The van der Waals surface area contributed by atoms with Crippen molar-refractivity contribution in [3.05, 3.63) is 125 Å². The highest BCUT2D eigenvalue weighted by Gasteiger charge is 2.39. The van der Waals surface area contributed by atoms with E-state index in [1.807, 2.05) is 30.3 Å². The monoisotopic (exact) mass is 651 g/mol. The number of ether oxygens (including phenoxy) is 2. The predicted octanol–water partition coefficient (Wildman–Crippen LogP) is 5.90. The van der Waals surface area contributed by atoms with E-state index in [0.29, 0.717) is 39.0 Å². The van der Waals surface area contributed by atoms with Crippen molar-refractivity contribution in [2.45, 2.75) is 44.1 Å². The van der Waals surface area contributed by atoms with Crippen molar-refractivity contribution in [2.75, 3.05) is 11.1 Å². The normalized spacial score (nSPS) is 19.3. The summed E-state index contributed by atoms with van der Waals surface area (Å²) in [5.41, 5.74) is 4.54. The zero-order valence-electron chi connectivity index (χ0n) is 25.7. The smallest absolute Gasteiger partial charge is 0.255 e. The number of aromatic hydroxyl groups is 1. The van der Waals surface area contributed by atoms with Crippen LogP contribution in [0.2, 0.25) is 0 Å². The molecule has 4 unspecified atom stereocenters. The fraction of sp³-hybridized carbons (Fsp3) is 0.229. The van der Waals surface area contributed by atoms with Gasteiger partial charge in [0.05, 0.1) is 24.5 Å². The molecule has 4 aromatic carbocycles. The molecule has 47 heavy (non-hydrogen) atoms. The van der Waals surface area contributed by atoms with E-state index < -0.39 is 6.29 Å². The second kappa shape index (κ2) is 14.3. The second-order valence-corrected chi connectivity index (χ2v) is 12.2. The topological polar surface area (TPSA) is 149 Å². The fourth-order valence-corrected chi connectivity index (χ4v) is 6.39. The Labute approximate surface area is 275 Å². The molecule has 12 heteroatoms. The van der Waals surface area contributed by atoms with Crippen LogP contribution in [0, 0.1) is 5.92 Å². The van der Waals surface area contributed by atoms with Gasteiger partial charge in [-0.1, -0.05) is 67.2 Å². The number of thioether (sulfide) groups is 1. The molecule has 0 bridgehead atoms. The third-order valence-corrected chi connectivity index (χ3v) is 8.99. The number of nitrogens with zero attached hydrogens (tertiary/aromatic N) is 4. The Bertz CT molecular complexity index is 1860. The molecule has 0 radical (unpaired) electrons. The van der Waals surface area contributed by atoms with Crippen molar-refractivity contribution in [1.82, 2.24) is 20.2 Å². The van der Waals surface area contributed by atoms with Gasteiger partial charge in [0.25, 0.3) is 5.91 Å². The summed E-state index contributed by atoms with van der Waals surface area (Å²) in [7, 11) is 0. The largest absolute Gasteiger partial charge is 0.508 e. The van der Waals surface area contributed by atoms with Gasteiger partial charge in [-0.15, -0.1) is 5.10 Å². The van der Waals surface area contributed by atoms with Crippen LogP contribution in [0.15, 0.2) is 102 Å². The van der Waals surface area contributed by atoms with E-state index in [-0.39, 0.29) is 42.2 Å². The molecule has 3 N–H and O–H groups in total. The molecule has 6 rings (SSSR count). The zero-order chi connectivity index (χ0) is 32.9. The van der Waals surface area contributed by atoms with E-state index in [1.165, 1.54) is 18.7 Å². The van der Waals surface area contributed by atoms with E-state index >= 15 is 0 Å². The van der Waals surface area contributed by atoms with Crippen molar-refractivity contribution in [3.8, 4) is 11.4 Å². The lowest BCUT2D eigenvalue weighted by molar-refractivity contribution is -0.268. The summed E-state index contributed by atoms with van der Waals surface area (Å²) in [5, 5.41) is 34.9. The van der Waals surface area contributed by atoms with Crippen LogP contribution in [0.5, 0.6) is 5.75 Å². The Morgan fingerprint density at radius 1 is 0.915 bits per heavy atom. The molecular formula is C35H33N5O6S. The van der Waals surface area contributed by atoms with E-state index in [1.54, 1.807) is 71.4 Å². The maximum atomic E-state index is 13.3. The Balaban J connectivity index is 1.25. The molecule has 5 aromatic rings. The van der Waals surface area contributed by atoms with Crippen molar-refractivity contribution in [2.24, 2.45) is 5.92 Å². The summed E-state index contributed by atoms with van der Waals surface area (Å²) in [6, 6.07) is 28.1. The average Bonchev–Trinajstić information content (AvgIpc) is 3.57. The summed E-state index contributed by atoms with van der Waals surface area (Å²) in [5.74, 6) is 0.136. The van der Waals surface area contributed by atoms with Gasteiger partial charge >= 0.3 is 0 Å². The summed E-state index contributed by atoms with van der Waals surface area (Å²) in [6.45, 7) is 3.48. The molecule has 11 nitrogen and oxygen atoms in total. The second-order valence-electron chi connectivity index (χ2n) is 11.2. The number of ketones is 1. The van der Waals surface area contributed by atoms with E-state index in [9.17, 15) is 19.8 Å². The maximum Gasteiger partial charge on any atom is 0.255 e. The zero-order valence-corrected chi connectivity index (χ0v) is 26.5. The maximum absolute atomic E-state index is 13.3. The average molecular weight is 652 g/mol. The highest BCUT2D eigenvalue weighted by molar-refractivity contribution is 7.99. The third-order valence-electron chi connectivity index (χ3n) is 7.98. The Morgan fingerprint density at radius 3 is 2.40 bits per heavy atom. The summed E-state index contributed by atoms with van der Waals surface area (Å²) >= 11 is 1.44. The van der Waals surface area contributed by atoms with Crippen LogP contribution in [-0.2, 0) is 16.1 Å². The lowest BCUT2D eigenvalue weighted by Gasteiger charge is -2.41. The molecule has 1 fully saturated rings. The number of nitrogens with one attached hydrogen (secondary N) is 1. The quantitative estimate of drug-likeness (QED) is 0.123. The number of carbonyl (C=O) groups is 2. The molecule has 4 atom stereocenters. The molecule has 2 heterocycles. The highest BCUT2D eigenvalue weighted by atomic mass is 32.2. The minimum Gasteiger partial charge on any atom is -0.508 e. The first-order valence-corrected chi connectivity index (χ1v) is 16.0. The molecule has 0 spiro atoms. The number of aliphatic hydroxyl groups excluding tert-OH is 1. The first kappa shape index (κ1) is 32.1. The van der Waals surface area contributed by atoms with Crippen molar-refractivity contribution in [1.29, 1.82) is 0 Å². The molecule has 1 aliphatic rings. The summed E-state index contributed by atoms with van der Waals surface area (Å²) in [4.78, 5) is 25.1. The number of Topliss-reactive ketones (excluding diaryl/α,β-unsaturated/α-hetero) is 1. The molecular weight excluding hydrogens is 618 g/mol. The van der Waals surface area contributed by atoms with Gasteiger partial charge in [0.15, 0.2) is 12.1 Å². The Kier molecular flexibility index (Phi) is 9.73. The van der Waals surface area contributed by atoms with E-state index in [4.69, 9.17) is 9.47 Å².